The summed E-state index contributed by atoms with van der Waals surface area (Å²) in [6, 6.07) is 10.2. The summed E-state index contributed by atoms with van der Waals surface area (Å²) in [5, 5.41) is 3.51. The van der Waals surface area contributed by atoms with Crippen molar-refractivity contribution in [3.63, 3.8) is 0 Å². The average Bonchev–Trinajstić information content (AvgIpc) is 2.80. The van der Waals surface area contributed by atoms with E-state index in [2.05, 4.69) is 5.32 Å². The third-order valence-electron chi connectivity index (χ3n) is 6.39. The number of anilines is 2. The van der Waals surface area contributed by atoms with E-state index in [1.807, 2.05) is 6.92 Å². The van der Waals surface area contributed by atoms with Gasteiger partial charge in [0.1, 0.15) is 0 Å². The molecule has 33 heavy (non-hydrogen) atoms. The summed E-state index contributed by atoms with van der Waals surface area (Å²) >= 11 is 5.99. The molecule has 9 heteroatoms. The Kier molecular flexibility index (Phi) is 6.79. The second-order valence-corrected chi connectivity index (χ2v) is 11.1. The zero-order valence-electron chi connectivity index (χ0n) is 18.8. The first-order valence-electron chi connectivity index (χ1n) is 11.1. The van der Waals surface area contributed by atoms with Crippen LogP contribution in [0.15, 0.2) is 41.3 Å². The standard InChI is InChI=1S/C24H28ClN3O4S/c1-16-13-20(25)7-9-22(16)26-24(30)19-6-3-11-27(15-19)33(31,32)21-8-10-23-18(14-21)5-4-12-28(23)17(2)29/h7-10,13-14,19H,3-6,11-12,15H2,1-2H3,(H,26,30)/t19-/m0/s1. The molecule has 1 fully saturated rings. The highest BCUT2D eigenvalue weighted by atomic mass is 35.5. The lowest BCUT2D eigenvalue weighted by atomic mass is 9.98. The molecule has 1 atom stereocenters. The normalized spacial score (nSPS) is 19.1. The minimum atomic E-state index is -3.75. The number of halogens is 1. The topological polar surface area (TPSA) is 86.8 Å². The molecule has 2 heterocycles. The Labute approximate surface area is 199 Å². The number of benzene rings is 2. The van der Waals surface area contributed by atoms with Crippen molar-refractivity contribution in [2.45, 2.75) is 44.4 Å². The number of hydrogen-bond donors (Lipinski definition) is 1. The van der Waals surface area contributed by atoms with E-state index in [0.29, 0.717) is 36.6 Å². The summed E-state index contributed by atoms with van der Waals surface area (Å²) in [5.74, 6) is -0.676. The number of carbonyl (C=O) groups excluding carboxylic acids is 2. The molecule has 0 aliphatic carbocycles. The van der Waals surface area contributed by atoms with E-state index in [9.17, 15) is 18.0 Å². The van der Waals surface area contributed by atoms with Crippen LogP contribution in [-0.2, 0) is 26.0 Å². The lowest BCUT2D eigenvalue weighted by molar-refractivity contribution is -0.121. The van der Waals surface area contributed by atoms with Gasteiger partial charge in [-0.1, -0.05) is 11.6 Å². The fraction of sp³-hybridized carbons (Fsp3) is 0.417. The SMILES string of the molecule is CC(=O)N1CCCc2cc(S(=O)(=O)N3CCC[C@H](C(=O)Nc4ccc(Cl)cc4C)C3)ccc21. The first-order chi connectivity index (χ1) is 15.7. The predicted molar refractivity (Wildman–Crippen MR) is 129 cm³/mol. The van der Waals surface area contributed by atoms with Crippen molar-refractivity contribution in [2.24, 2.45) is 5.92 Å². The summed E-state index contributed by atoms with van der Waals surface area (Å²) < 4.78 is 28.2. The first-order valence-corrected chi connectivity index (χ1v) is 13.0. The van der Waals surface area contributed by atoms with Gasteiger partial charge in [-0.15, -0.1) is 0 Å². The van der Waals surface area contributed by atoms with Gasteiger partial charge >= 0.3 is 0 Å². The molecular weight excluding hydrogens is 462 g/mol. The number of aryl methyl sites for hydroxylation is 2. The van der Waals surface area contributed by atoms with Crippen molar-refractivity contribution in [3.8, 4) is 0 Å². The van der Waals surface area contributed by atoms with E-state index in [4.69, 9.17) is 11.6 Å². The summed E-state index contributed by atoms with van der Waals surface area (Å²) in [7, 11) is -3.75. The van der Waals surface area contributed by atoms with Crippen LogP contribution >= 0.6 is 11.6 Å². The Hall–Kier alpha value is -2.42. The highest BCUT2D eigenvalue weighted by molar-refractivity contribution is 7.89. The smallest absolute Gasteiger partial charge is 0.243 e. The molecular formula is C24H28ClN3O4S. The lowest BCUT2D eigenvalue weighted by Crippen LogP contribution is -2.43. The van der Waals surface area contributed by atoms with Gasteiger partial charge in [-0.05, 0) is 80.1 Å². The second kappa shape index (κ2) is 9.44. The number of hydrogen-bond acceptors (Lipinski definition) is 4. The molecule has 2 aliphatic heterocycles. The predicted octanol–water partition coefficient (Wildman–Crippen LogP) is 3.99. The molecule has 2 aromatic carbocycles. The van der Waals surface area contributed by atoms with Gasteiger partial charge in [0.25, 0.3) is 0 Å². The molecule has 2 aliphatic rings. The maximum atomic E-state index is 13.4. The number of piperidine rings is 1. The number of rotatable bonds is 4. The van der Waals surface area contributed by atoms with Crippen LogP contribution in [0.4, 0.5) is 11.4 Å². The third-order valence-corrected chi connectivity index (χ3v) is 8.48. The molecule has 0 bridgehead atoms. The van der Waals surface area contributed by atoms with Crippen LogP contribution in [0.2, 0.25) is 5.02 Å². The Balaban J connectivity index is 1.51. The second-order valence-electron chi connectivity index (χ2n) is 8.72. The molecule has 0 radical (unpaired) electrons. The van der Waals surface area contributed by atoms with Crippen LogP contribution in [0.1, 0.15) is 37.3 Å². The monoisotopic (exact) mass is 489 g/mol. The highest BCUT2D eigenvalue weighted by Crippen LogP contribution is 2.32. The van der Waals surface area contributed by atoms with Crippen molar-refractivity contribution in [1.82, 2.24) is 4.31 Å². The van der Waals surface area contributed by atoms with E-state index in [1.165, 1.54) is 11.2 Å². The Morgan fingerprint density at radius 1 is 1.09 bits per heavy atom. The van der Waals surface area contributed by atoms with Crippen molar-refractivity contribution in [1.29, 1.82) is 0 Å². The minimum Gasteiger partial charge on any atom is -0.326 e. The van der Waals surface area contributed by atoms with Crippen LogP contribution in [-0.4, -0.2) is 44.2 Å². The first kappa shape index (κ1) is 23.7. The van der Waals surface area contributed by atoms with Crippen LogP contribution < -0.4 is 10.2 Å². The molecule has 7 nitrogen and oxygen atoms in total. The van der Waals surface area contributed by atoms with E-state index >= 15 is 0 Å². The largest absolute Gasteiger partial charge is 0.326 e. The van der Waals surface area contributed by atoms with E-state index in [1.54, 1.807) is 41.3 Å². The zero-order valence-corrected chi connectivity index (χ0v) is 20.4. The molecule has 0 unspecified atom stereocenters. The van der Waals surface area contributed by atoms with Crippen LogP contribution in [0, 0.1) is 12.8 Å². The fourth-order valence-electron chi connectivity index (χ4n) is 4.59. The van der Waals surface area contributed by atoms with Gasteiger partial charge in [-0.25, -0.2) is 8.42 Å². The number of fused-ring (bicyclic) bond motifs is 1. The molecule has 1 saturated heterocycles. The van der Waals surface area contributed by atoms with Gasteiger partial charge in [-0.2, -0.15) is 4.31 Å². The van der Waals surface area contributed by atoms with Crippen LogP contribution in [0.5, 0.6) is 0 Å². The minimum absolute atomic E-state index is 0.0487. The van der Waals surface area contributed by atoms with Gasteiger partial charge < -0.3 is 10.2 Å². The van der Waals surface area contributed by atoms with Crippen molar-refractivity contribution in [2.75, 3.05) is 29.9 Å². The number of amides is 2. The number of carbonyl (C=O) groups is 2. The summed E-state index contributed by atoms with van der Waals surface area (Å²) in [6.45, 7) is 4.54. The Morgan fingerprint density at radius 2 is 1.88 bits per heavy atom. The fourth-order valence-corrected chi connectivity index (χ4v) is 6.39. The maximum absolute atomic E-state index is 13.4. The maximum Gasteiger partial charge on any atom is 0.243 e. The summed E-state index contributed by atoms with van der Waals surface area (Å²) in [4.78, 5) is 26.7. The van der Waals surface area contributed by atoms with E-state index in [-0.39, 0.29) is 23.3 Å². The van der Waals surface area contributed by atoms with Gasteiger partial charge in [0, 0.05) is 43.0 Å². The van der Waals surface area contributed by atoms with Crippen molar-refractivity contribution in [3.05, 3.63) is 52.5 Å². The zero-order chi connectivity index (χ0) is 23.8. The average molecular weight is 490 g/mol. The van der Waals surface area contributed by atoms with E-state index < -0.39 is 15.9 Å². The third kappa shape index (κ3) is 4.93. The molecule has 2 aromatic rings. The number of sulfonamides is 1. The molecule has 1 N–H and O–H groups in total. The Bertz CT molecular complexity index is 1200. The molecule has 0 spiro atoms. The highest BCUT2D eigenvalue weighted by Gasteiger charge is 2.34. The number of nitrogens with one attached hydrogen (secondary N) is 1. The molecule has 2 amide bonds. The molecule has 176 valence electrons. The van der Waals surface area contributed by atoms with Gasteiger partial charge in [0.2, 0.25) is 21.8 Å². The summed E-state index contributed by atoms with van der Waals surface area (Å²) in [6.07, 6.45) is 2.77. The van der Waals surface area contributed by atoms with Gasteiger partial charge in [-0.3, -0.25) is 9.59 Å². The van der Waals surface area contributed by atoms with Crippen molar-refractivity contribution >= 4 is 44.8 Å². The molecule has 4 rings (SSSR count). The van der Waals surface area contributed by atoms with Crippen LogP contribution in [0.25, 0.3) is 0 Å². The van der Waals surface area contributed by atoms with Gasteiger partial charge in [0.15, 0.2) is 0 Å². The quantitative estimate of drug-likeness (QED) is 0.703. The molecule has 0 aromatic heterocycles. The van der Waals surface area contributed by atoms with Crippen molar-refractivity contribution < 1.29 is 18.0 Å². The molecule has 0 saturated carbocycles. The number of nitrogens with zero attached hydrogens (tertiary/aromatic N) is 2. The Morgan fingerprint density at radius 3 is 2.61 bits per heavy atom. The lowest BCUT2D eigenvalue weighted by Gasteiger charge is -2.32. The van der Waals surface area contributed by atoms with Gasteiger partial charge in [0.05, 0.1) is 10.8 Å². The van der Waals surface area contributed by atoms with Crippen LogP contribution in [0.3, 0.4) is 0 Å². The van der Waals surface area contributed by atoms with E-state index in [0.717, 1.165) is 29.7 Å². The summed E-state index contributed by atoms with van der Waals surface area (Å²) in [5.41, 5.74) is 3.17.